The SMILES string of the molecule is CCC(C)[C@H](NC(=O)c1ccc(Oc2ccc(C(=O)N[C@@H](CC(C)C)C(N)=O)cc2)cc1)C(=O)NCCN1CCCC1. The van der Waals surface area contributed by atoms with Crippen molar-refractivity contribution in [2.45, 2.75) is 65.5 Å². The zero-order valence-corrected chi connectivity index (χ0v) is 25.2. The molecular formula is C32H45N5O5. The predicted molar refractivity (Wildman–Crippen MR) is 162 cm³/mol. The molecule has 3 atom stereocenters. The summed E-state index contributed by atoms with van der Waals surface area (Å²) in [5, 5.41) is 8.58. The molecule has 0 radical (unpaired) electrons. The Morgan fingerprint density at radius 3 is 1.86 bits per heavy atom. The second kappa shape index (κ2) is 15.9. The monoisotopic (exact) mass is 579 g/mol. The molecule has 1 heterocycles. The van der Waals surface area contributed by atoms with Crippen LogP contribution < -0.4 is 26.4 Å². The Hall–Kier alpha value is -3.92. The highest BCUT2D eigenvalue weighted by Gasteiger charge is 2.26. The number of likely N-dealkylation sites (tertiary alicyclic amines) is 1. The van der Waals surface area contributed by atoms with Crippen molar-refractivity contribution in [1.82, 2.24) is 20.9 Å². The smallest absolute Gasteiger partial charge is 0.251 e. The Labute approximate surface area is 248 Å². The molecule has 0 saturated carbocycles. The van der Waals surface area contributed by atoms with Crippen LogP contribution >= 0.6 is 0 Å². The third kappa shape index (κ3) is 9.87. The summed E-state index contributed by atoms with van der Waals surface area (Å²) < 4.78 is 5.88. The van der Waals surface area contributed by atoms with E-state index in [4.69, 9.17) is 10.5 Å². The van der Waals surface area contributed by atoms with Gasteiger partial charge in [0.1, 0.15) is 23.6 Å². The van der Waals surface area contributed by atoms with E-state index in [0.717, 1.165) is 26.1 Å². The van der Waals surface area contributed by atoms with Crippen molar-refractivity contribution in [3.8, 4) is 11.5 Å². The molecule has 0 aromatic heterocycles. The molecule has 42 heavy (non-hydrogen) atoms. The van der Waals surface area contributed by atoms with Gasteiger partial charge in [-0.05, 0) is 92.7 Å². The number of benzene rings is 2. The minimum Gasteiger partial charge on any atom is -0.457 e. The van der Waals surface area contributed by atoms with Crippen LogP contribution in [0.1, 0.15) is 74.1 Å². The lowest BCUT2D eigenvalue weighted by Crippen LogP contribution is -2.51. The first-order valence-corrected chi connectivity index (χ1v) is 14.9. The molecule has 1 unspecified atom stereocenters. The number of nitrogens with two attached hydrogens (primary N) is 1. The van der Waals surface area contributed by atoms with E-state index in [1.807, 2.05) is 27.7 Å². The summed E-state index contributed by atoms with van der Waals surface area (Å²) in [6.07, 6.45) is 3.61. The van der Waals surface area contributed by atoms with Gasteiger partial charge in [-0.25, -0.2) is 0 Å². The number of hydrogen-bond donors (Lipinski definition) is 4. The Morgan fingerprint density at radius 2 is 1.38 bits per heavy atom. The van der Waals surface area contributed by atoms with E-state index in [2.05, 4.69) is 20.9 Å². The van der Waals surface area contributed by atoms with Crippen molar-refractivity contribution >= 4 is 23.6 Å². The first kappa shape index (κ1) is 32.6. The van der Waals surface area contributed by atoms with Gasteiger partial charge in [0.05, 0.1) is 0 Å². The van der Waals surface area contributed by atoms with Crippen molar-refractivity contribution in [2.24, 2.45) is 17.6 Å². The predicted octanol–water partition coefficient (Wildman–Crippen LogP) is 3.47. The van der Waals surface area contributed by atoms with Gasteiger partial charge in [-0.15, -0.1) is 0 Å². The minimum absolute atomic E-state index is 0.0229. The van der Waals surface area contributed by atoms with Crippen molar-refractivity contribution in [3.63, 3.8) is 0 Å². The molecule has 10 nitrogen and oxygen atoms in total. The summed E-state index contributed by atoms with van der Waals surface area (Å²) in [7, 11) is 0. The minimum atomic E-state index is -0.737. The maximum absolute atomic E-state index is 13.0. The summed E-state index contributed by atoms with van der Waals surface area (Å²) in [4.78, 5) is 52.5. The normalized spacial score (nSPS) is 15.5. The molecule has 228 valence electrons. The van der Waals surface area contributed by atoms with Crippen LogP contribution in [0, 0.1) is 11.8 Å². The Kier molecular flexibility index (Phi) is 12.3. The maximum Gasteiger partial charge on any atom is 0.251 e. The van der Waals surface area contributed by atoms with Crippen molar-refractivity contribution in [2.75, 3.05) is 26.2 Å². The third-order valence-corrected chi connectivity index (χ3v) is 7.53. The lowest BCUT2D eigenvalue weighted by molar-refractivity contribution is -0.124. The fourth-order valence-electron chi connectivity index (χ4n) is 4.82. The van der Waals surface area contributed by atoms with Crippen LogP contribution in [0.5, 0.6) is 11.5 Å². The van der Waals surface area contributed by atoms with Crippen LogP contribution in [0.2, 0.25) is 0 Å². The average molecular weight is 580 g/mol. The topological polar surface area (TPSA) is 143 Å². The van der Waals surface area contributed by atoms with Gasteiger partial charge in [0.2, 0.25) is 11.8 Å². The van der Waals surface area contributed by atoms with Crippen molar-refractivity contribution in [1.29, 1.82) is 0 Å². The average Bonchev–Trinajstić information content (AvgIpc) is 3.49. The van der Waals surface area contributed by atoms with Gasteiger partial charge in [0, 0.05) is 24.2 Å². The standard InChI is InChI=1S/C32H45N5O5/c1-5-22(4)28(32(41)34-16-19-37-17-6-7-18-37)36-31(40)24-10-14-26(15-11-24)42-25-12-8-23(9-13-25)30(39)35-27(29(33)38)20-21(2)3/h8-15,21-22,27-28H,5-7,16-20H2,1-4H3,(H2,33,38)(H,34,41)(H,35,39)(H,36,40)/t22?,27-,28-/m0/s1. The molecular weight excluding hydrogens is 534 g/mol. The van der Waals surface area contributed by atoms with Gasteiger partial charge in [-0.3, -0.25) is 19.2 Å². The highest BCUT2D eigenvalue weighted by Crippen LogP contribution is 2.22. The van der Waals surface area contributed by atoms with E-state index in [-0.39, 0.29) is 23.7 Å². The second-order valence-corrected chi connectivity index (χ2v) is 11.4. The van der Waals surface area contributed by atoms with Gasteiger partial charge in [-0.1, -0.05) is 34.1 Å². The summed E-state index contributed by atoms with van der Waals surface area (Å²) in [6, 6.07) is 11.8. The molecule has 2 aromatic rings. The zero-order valence-electron chi connectivity index (χ0n) is 25.2. The number of nitrogens with zero attached hydrogens (tertiary/aromatic N) is 1. The van der Waals surface area contributed by atoms with E-state index in [9.17, 15) is 19.2 Å². The van der Waals surface area contributed by atoms with Gasteiger partial charge in [0.15, 0.2) is 0 Å². The summed E-state index contributed by atoms with van der Waals surface area (Å²) >= 11 is 0. The number of nitrogens with one attached hydrogen (secondary N) is 3. The Balaban J connectivity index is 1.54. The molecule has 1 saturated heterocycles. The molecule has 2 aromatic carbocycles. The highest BCUT2D eigenvalue weighted by atomic mass is 16.5. The summed E-state index contributed by atoms with van der Waals surface area (Å²) in [5.41, 5.74) is 6.22. The molecule has 0 aliphatic carbocycles. The van der Waals surface area contributed by atoms with Crippen LogP contribution in [-0.2, 0) is 9.59 Å². The van der Waals surface area contributed by atoms with Crippen LogP contribution in [0.3, 0.4) is 0 Å². The number of ether oxygens (including phenoxy) is 1. The van der Waals surface area contributed by atoms with Crippen LogP contribution in [0.25, 0.3) is 0 Å². The van der Waals surface area contributed by atoms with E-state index >= 15 is 0 Å². The fraction of sp³-hybridized carbons (Fsp3) is 0.500. The molecule has 5 N–H and O–H groups in total. The summed E-state index contributed by atoms with van der Waals surface area (Å²) in [5.74, 6) is -0.273. The van der Waals surface area contributed by atoms with Gasteiger partial charge in [0.25, 0.3) is 11.8 Å². The zero-order chi connectivity index (χ0) is 30.6. The lowest BCUT2D eigenvalue weighted by atomic mass is 9.98. The summed E-state index contributed by atoms with van der Waals surface area (Å²) in [6.45, 7) is 11.4. The third-order valence-electron chi connectivity index (χ3n) is 7.53. The van der Waals surface area contributed by atoms with Gasteiger partial charge in [-0.2, -0.15) is 0 Å². The number of carbonyl (C=O) groups is 4. The number of amides is 4. The molecule has 10 heteroatoms. The largest absolute Gasteiger partial charge is 0.457 e. The molecule has 0 spiro atoms. The molecule has 1 aliphatic heterocycles. The van der Waals surface area contributed by atoms with E-state index < -0.39 is 23.9 Å². The maximum atomic E-state index is 13.0. The molecule has 1 fully saturated rings. The van der Waals surface area contributed by atoms with Gasteiger partial charge >= 0.3 is 0 Å². The van der Waals surface area contributed by atoms with E-state index in [0.29, 0.717) is 35.6 Å². The van der Waals surface area contributed by atoms with Crippen LogP contribution in [0.15, 0.2) is 48.5 Å². The van der Waals surface area contributed by atoms with Crippen LogP contribution in [0.4, 0.5) is 0 Å². The molecule has 3 rings (SSSR count). The second-order valence-electron chi connectivity index (χ2n) is 11.4. The van der Waals surface area contributed by atoms with Crippen molar-refractivity contribution < 1.29 is 23.9 Å². The van der Waals surface area contributed by atoms with Gasteiger partial charge < -0.3 is 31.3 Å². The lowest BCUT2D eigenvalue weighted by Gasteiger charge is -2.24. The first-order valence-electron chi connectivity index (χ1n) is 14.9. The number of rotatable bonds is 15. The quantitative estimate of drug-likeness (QED) is 0.255. The molecule has 1 aliphatic rings. The first-order chi connectivity index (χ1) is 20.1. The Bertz CT molecular complexity index is 1190. The highest BCUT2D eigenvalue weighted by molar-refractivity contribution is 5.98. The fourth-order valence-corrected chi connectivity index (χ4v) is 4.82. The van der Waals surface area contributed by atoms with E-state index in [1.54, 1.807) is 48.5 Å². The number of primary amides is 1. The van der Waals surface area contributed by atoms with E-state index in [1.165, 1.54) is 12.8 Å². The molecule has 0 bridgehead atoms. The molecule has 4 amide bonds. The number of hydrogen-bond acceptors (Lipinski definition) is 6. The number of carbonyl (C=O) groups excluding carboxylic acids is 4. The Morgan fingerprint density at radius 1 is 0.857 bits per heavy atom. The van der Waals surface area contributed by atoms with Crippen molar-refractivity contribution in [3.05, 3.63) is 59.7 Å². The van der Waals surface area contributed by atoms with Crippen LogP contribution in [-0.4, -0.2) is 66.8 Å².